The number of nitrogens with zero attached hydrogens (tertiary/aromatic N) is 3. The van der Waals surface area contributed by atoms with Crippen molar-refractivity contribution in [3.8, 4) is 0 Å². The number of hydrogen-bond acceptors (Lipinski definition) is 6. The van der Waals surface area contributed by atoms with Crippen LogP contribution in [0.5, 0.6) is 0 Å². The highest BCUT2D eigenvalue weighted by molar-refractivity contribution is 7.91. The molecular weight excluding hydrogens is 545 g/mol. The first kappa shape index (κ1) is 24.7. The third kappa shape index (κ3) is 5.12. The molecule has 0 saturated carbocycles. The van der Waals surface area contributed by atoms with Gasteiger partial charge in [-0.3, -0.25) is 9.69 Å². The number of hydrogen-bond donors (Lipinski definition) is 0. The molecule has 0 aliphatic carbocycles. The number of rotatable bonds is 6. The lowest BCUT2D eigenvalue weighted by Gasteiger charge is -2.32. The minimum absolute atomic E-state index is 0.0553. The highest BCUT2D eigenvalue weighted by Gasteiger charge is 2.35. The van der Waals surface area contributed by atoms with Gasteiger partial charge in [0.05, 0.1) is 20.6 Å². The van der Waals surface area contributed by atoms with Gasteiger partial charge in [0.1, 0.15) is 9.73 Å². The number of carbonyl (C=O) groups is 1. The summed E-state index contributed by atoms with van der Waals surface area (Å²) in [6.07, 6.45) is 0.877. The number of fused-ring (bicyclic) bond motifs is 1. The van der Waals surface area contributed by atoms with Crippen LogP contribution in [0.2, 0.25) is 9.36 Å². The smallest absolute Gasteiger partial charge is 0.252 e. The summed E-state index contributed by atoms with van der Waals surface area (Å²) < 4.78 is 28.9. The predicted molar refractivity (Wildman–Crippen MR) is 143 cm³/mol. The maximum atomic E-state index is 13.8. The Balaban J connectivity index is 1.38. The van der Waals surface area contributed by atoms with Gasteiger partial charge in [-0.1, -0.05) is 70.9 Å². The molecule has 0 N–H and O–H groups in total. The summed E-state index contributed by atoms with van der Waals surface area (Å²) in [6.45, 7) is 0.932. The molecule has 3 heterocycles. The number of piperidine rings is 1. The van der Waals surface area contributed by atoms with Gasteiger partial charge in [0.15, 0.2) is 5.13 Å². The molecule has 1 saturated heterocycles. The quantitative estimate of drug-likeness (QED) is 0.275. The molecule has 11 heteroatoms. The van der Waals surface area contributed by atoms with E-state index in [0.29, 0.717) is 39.4 Å². The summed E-state index contributed by atoms with van der Waals surface area (Å²) in [5.41, 5.74) is 1.66. The SMILES string of the molecule is O=C(C1CCN(S(=O)(=O)c2ccc(Cl)s2)CC1)N(Cc1ccccc1)c1nc2c(Cl)cccc2s1. The van der Waals surface area contributed by atoms with Crippen LogP contribution in [-0.4, -0.2) is 36.7 Å². The molecule has 182 valence electrons. The molecule has 0 bridgehead atoms. The monoisotopic (exact) mass is 565 g/mol. The molecule has 0 spiro atoms. The number of carbonyl (C=O) groups excluding carboxylic acids is 1. The zero-order chi connectivity index (χ0) is 24.6. The molecule has 6 nitrogen and oxygen atoms in total. The summed E-state index contributed by atoms with van der Waals surface area (Å²) >= 11 is 14.8. The number of para-hydroxylation sites is 1. The normalized spacial score (nSPS) is 15.5. The fourth-order valence-electron chi connectivity index (χ4n) is 4.15. The number of anilines is 1. The molecule has 0 unspecified atom stereocenters. The van der Waals surface area contributed by atoms with Crippen LogP contribution in [0, 0.1) is 5.92 Å². The van der Waals surface area contributed by atoms with Crippen molar-refractivity contribution in [2.45, 2.75) is 23.6 Å². The Morgan fingerprint density at radius 3 is 2.40 bits per heavy atom. The van der Waals surface area contributed by atoms with Crippen LogP contribution in [0.15, 0.2) is 64.9 Å². The van der Waals surface area contributed by atoms with E-state index in [4.69, 9.17) is 28.2 Å². The molecule has 0 radical (unpaired) electrons. The van der Waals surface area contributed by atoms with Crippen LogP contribution < -0.4 is 4.90 Å². The minimum Gasteiger partial charge on any atom is -0.283 e. The fraction of sp³-hybridized carbons (Fsp3) is 0.250. The number of thiophene rings is 1. The molecular formula is C24H21Cl2N3O3S3. The highest BCUT2D eigenvalue weighted by Crippen LogP contribution is 2.36. The third-order valence-electron chi connectivity index (χ3n) is 5.98. The largest absolute Gasteiger partial charge is 0.283 e. The maximum Gasteiger partial charge on any atom is 0.252 e. The van der Waals surface area contributed by atoms with Gasteiger partial charge in [-0.25, -0.2) is 13.4 Å². The Kier molecular flexibility index (Phi) is 7.16. The van der Waals surface area contributed by atoms with Crippen molar-refractivity contribution in [2.75, 3.05) is 18.0 Å². The fourth-order valence-corrected chi connectivity index (χ4v) is 8.53. The summed E-state index contributed by atoms with van der Waals surface area (Å²) in [6, 6.07) is 18.5. The Labute approximate surface area is 221 Å². The second-order valence-corrected chi connectivity index (χ2v) is 13.5. The molecule has 1 amide bonds. The molecule has 2 aromatic carbocycles. The van der Waals surface area contributed by atoms with E-state index in [0.717, 1.165) is 21.6 Å². The van der Waals surface area contributed by atoms with Crippen LogP contribution in [-0.2, 0) is 21.4 Å². The van der Waals surface area contributed by atoms with E-state index in [1.54, 1.807) is 17.0 Å². The number of benzene rings is 2. The topological polar surface area (TPSA) is 70.6 Å². The van der Waals surface area contributed by atoms with Gasteiger partial charge in [-0.15, -0.1) is 11.3 Å². The van der Waals surface area contributed by atoms with E-state index in [2.05, 4.69) is 0 Å². The lowest BCUT2D eigenvalue weighted by molar-refractivity contribution is -0.123. The second-order valence-electron chi connectivity index (χ2n) is 8.23. The zero-order valence-electron chi connectivity index (χ0n) is 18.4. The van der Waals surface area contributed by atoms with Gasteiger partial charge >= 0.3 is 0 Å². The van der Waals surface area contributed by atoms with Crippen LogP contribution in [0.3, 0.4) is 0 Å². The van der Waals surface area contributed by atoms with Crippen LogP contribution >= 0.6 is 45.9 Å². The van der Waals surface area contributed by atoms with E-state index in [-0.39, 0.29) is 29.1 Å². The first-order valence-corrected chi connectivity index (χ1v) is 14.8. The number of sulfonamides is 1. The maximum absolute atomic E-state index is 13.8. The summed E-state index contributed by atoms with van der Waals surface area (Å²) in [4.78, 5) is 20.2. The molecule has 1 aliphatic heterocycles. The first-order valence-electron chi connectivity index (χ1n) is 11.0. The van der Waals surface area contributed by atoms with Gasteiger partial charge in [-0.05, 0) is 42.7 Å². The summed E-state index contributed by atoms with van der Waals surface area (Å²) in [5.74, 6) is -0.361. The average Bonchev–Trinajstić information content (AvgIpc) is 3.50. The number of thiazole rings is 1. The van der Waals surface area contributed by atoms with E-state index in [1.807, 2.05) is 42.5 Å². The van der Waals surface area contributed by atoms with Crippen molar-refractivity contribution in [2.24, 2.45) is 5.92 Å². The summed E-state index contributed by atoms with van der Waals surface area (Å²) in [5, 5.41) is 1.13. The van der Waals surface area contributed by atoms with Crippen LogP contribution in [0.25, 0.3) is 10.2 Å². The summed E-state index contributed by atoms with van der Waals surface area (Å²) in [7, 11) is -3.62. The Morgan fingerprint density at radius 2 is 1.74 bits per heavy atom. The lowest BCUT2D eigenvalue weighted by Crippen LogP contribution is -2.44. The van der Waals surface area contributed by atoms with Crippen molar-refractivity contribution < 1.29 is 13.2 Å². The molecule has 2 aromatic heterocycles. The standard InChI is InChI=1S/C24H21Cl2N3O3S3/c25-18-7-4-8-19-22(18)27-24(33-19)29(15-16-5-2-1-3-6-16)23(30)17-11-13-28(14-12-17)35(31,32)21-10-9-20(26)34-21/h1-10,17H,11-15H2. The molecule has 35 heavy (non-hydrogen) atoms. The van der Waals surface area contributed by atoms with Gasteiger partial charge in [-0.2, -0.15) is 4.31 Å². The Bertz CT molecular complexity index is 1460. The third-order valence-corrected chi connectivity index (χ3v) is 10.9. The van der Waals surface area contributed by atoms with Crippen LogP contribution in [0.1, 0.15) is 18.4 Å². The molecule has 4 aromatic rings. The number of halogens is 2. The number of amides is 1. The zero-order valence-corrected chi connectivity index (χ0v) is 22.4. The van der Waals surface area contributed by atoms with Crippen molar-refractivity contribution >= 4 is 77.2 Å². The van der Waals surface area contributed by atoms with E-state index < -0.39 is 10.0 Å². The minimum atomic E-state index is -3.62. The van der Waals surface area contributed by atoms with Crippen molar-refractivity contribution in [3.05, 3.63) is 75.6 Å². The van der Waals surface area contributed by atoms with Gasteiger partial charge in [0.2, 0.25) is 5.91 Å². The number of aromatic nitrogens is 1. The van der Waals surface area contributed by atoms with Gasteiger partial charge < -0.3 is 0 Å². The van der Waals surface area contributed by atoms with Crippen molar-refractivity contribution in [1.82, 2.24) is 9.29 Å². The Morgan fingerprint density at radius 1 is 1.00 bits per heavy atom. The Hall–Kier alpha value is -2.01. The van der Waals surface area contributed by atoms with E-state index >= 15 is 0 Å². The van der Waals surface area contributed by atoms with Gasteiger partial charge in [0.25, 0.3) is 10.0 Å². The van der Waals surface area contributed by atoms with Gasteiger partial charge in [0, 0.05) is 19.0 Å². The van der Waals surface area contributed by atoms with Crippen molar-refractivity contribution in [3.63, 3.8) is 0 Å². The van der Waals surface area contributed by atoms with Crippen LogP contribution in [0.4, 0.5) is 5.13 Å². The molecule has 0 atom stereocenters. The van der Waals surface area contributed by atoms with E-state index in [1.165, 1.54) is 21.7 Å². The second kappa shape index (κ2) is 10.2. The predicted octanol–water partition coefficient (Wildman–Crippen LogP) is 6.30. The lowest BCUT2D eigenvalue weighted by atomic mass is 9.96. The molecule has 5 rings (SSSR count). The van der Waals surface area contributed by atoms with E-state index in [9.17, 15) is 13.2 Å². The highest BCUT2D eigenvalue weighted by atomic mass is 35.5. The molecule has 1 aliphatic rings. The van der Waals surface area contributed by atoms with Crippen molar-refractivity contribution in [1.29, 1.82) is 0 Å². The first-order chi connectivity index (χ1) is 16.8. The average molecular weight is 567 g/mol. The molecule has 1 fully saturated rings.